The van der Waals surface area contributed by atoms with Gasteiger partial charge in [0.05, 0.1) is 13.2 Å². The number of allylic oxidation sites excluding steroid dienone is 1. The van der Waals surface area contributed by atoms with E-state index in [9.17, 15) is 9.90 Å². The molecule has 2 N–H and O–H groups in total. The van der Waals surface area contributed by atoms with Crippen LogP contribution in [0.25, 0.3) is 0 Å². The number of carbonyl (C=O) groups is 1. The topological polar surface area (TPSA) is 67.8 Å². The van der Waals surface area contributed by atoms with Gasteiger partial charge in [-0.25, -0.2) is 0 Å². The van der Waals surface area contributed by atoms with Crippen LogP contribution in [0.4, 0.5) is 5.69 Å². The van der Waals surface area contributed by atoms with E-state index in [-0.39, 0.29) is 24.2 Å². The van der Waals surface area contributed by atoms with Gasteiger partial charge in [0.15, 0.2) is 5.76 Å². The van der Waals surface area contributed by atoms with E-state index in [4.69, 9.17) is 21.1 Å². The number of carbonyl (C=O) groups excluding carboxylic acids is 1. The molecule has 0 unspecified atom stereocenters. The van der Waals surface area contributed by atoms with E-state index in [2.05, 4.69) is 5.32 Å². The van der Waals surface area contributed by atoms with Gasteiger partial charge in [-0.3, -0.25) is 4.79 Å². The van der Waals surface area contributed by atoms with Gasteiger partial charge in [-0.15, -0.1) is 0 Å². The largest absolute Gasteiger partial charge is 0.459 e. The summed E-state index contributed by atoms with van der Waals surface area (Å²) in [4.78, 5) is 12.9. The van der Waals surface area contributed by atoms with E-state index in [0.717, 1.165) is 16.7 Å². The van der Waals surface area contributed by atoms with E-state index < -0.39 is 6.29 Å². The SMILES string of the molecule is O=C(Nc1ccccc1)C1=C[C@H](c2ccc(Cl)cc2)C[C@H](OCc2ccc(CO)cc2)O1. The average molecular weight is 450 g/mol. The lowest BCUT2D eigenvalue weighted by Crippen LogP contribution is -2.29. The molecule has 0 fully saturated rings. The van der Waals surface area contributed by atoms with Crippen LogP contribution in [-0.4, -0.2) is 17.3 Å². The Kier molecular flexibility index (Phi) is 7.22. The first-order chi connectivity index (χ1) is 15.6. The van der Waals surface area contributed by atoms with E-state index in [1.54, 1.807) is 0 Å². The van der Waals surface area contributed by atoms with Crippen LogP contribution in [0.5, 0.6) is 0 Å². The Bertz CT molecular complexity index is 1070. The summed E-state index contributed by atoms with van der Waals surface area (Å²) in [6.45, 7) is 0.331. The molecule has 0 saturated heterocycles. The van der Waals surface area contributed by atoms with E-state index in [1.807, 2.05) is 84.9 Å². The molecule has 0 radical (unpaired) electrons. The van der Waals surface area contributed by atoms with Crippen LogP contribution in [0, 0.1) is 0 Å². The van der Waals surface area contributed by atoms with E-state index >= 15 is 0 Å². The molecule has 2 atom stereocenters. The van der Waals surface area contributed by atoms with Crippen LogP contribution >= 0.6 is 11.6 Å². The highest BCUT2D eigenvalue weighted by Gasteiger charge is 2.29. The van der Waals surface area contributed by atoms with Crippen molar-refractivity contribution in [3.63, 3.8) is 0 Å². The lowest BCUT2D eigenvalue weighted by Gasteiger charge is -2.29. The van der Waals surface area contributed by atoms with Gasteiger partial charge in [-0.05, 0) is 47.0 Å². The lowest BCUT2D eigenvalue weighted by molar-refractivity contribution is -0.147. The molecule has 5 nitrogen and oxygen atoms in total. The highest BCUT2D eigenvalue weighted by atomic mass is 35.5. The number of aliphatic hydroxyl groups is 1. The number of anilines is 1. The molecule has 164 valence electrons. The summed E-state index contributed by atoms with van der Waals surface area (Å²) >= 11 is 6.04. The quantitative estimate of drug-likeness (QED) is 0.506. The first-order valence-corrected chi connectivity index (χ1v) is 10.8. The zero-order valence-corrected chi connectivity index (χ0v) is 18.2. The number of para-hydroxylation sites is 1. The Hall–Kier alpha value is -3.12. The van der Waals surface area contributed by atoms with Gasteiger partial charge in [0.1, 0.15) is 0 Å². The molecule has 0 aromatic heterocycles. The second kappa shape index (κ2) is 10.5. The van der Waals surface area contributed by atoms with E-state index in [0.29, 0.717) is 23.7 Å². The van der Waals surface area contributed by atoms with Crippen LogP contribution in [0.15, 0.2) is 90.7 Å². The molecule has 6 heteroatoms. The normalized spacial score (nSPS) is 17.9. The number of ether oxygens (including phenoxy) is 2. The maximum Gasteiger partial charge on any atom is 0.290 e. The number of hydrogen-bond acceptors (Lipinski definition) is 4. The summed E-state index contributed by atoms with van der Waals surface area (Å²) in [5.74, 6) is -0.157. The van der Waals surface area contributed by atoms with Gasteiger partial charge in [0.25, 0.3) is 5.91 Å². The minimum Gasteiger partial charge on any atom is -0.459 e. The predicted octanol–water partition coefficient (Wildman–Crippen LogP) is 5.40. The van der Waals surface area contributed by atoms with Crippen molar-refractivity contribution in [3.05, 3.63) is 112 Å². The van der Waals surface area contributed by atoms with Gasteiger partial charge in [0.2, 0.25) is 6.29 Å². The Morgan fingerprint density at radius 1 is 1.00 bits per heavy atom. The second-order valence-corrected chi connectivity index (χ2v) is 8.01. The van der Waals surface area contributed by atoms with Crippen molar-refractivity contribution in [1.29, 1.82) is 0 Å². The summed E-state index contributed by atoms with van der Waals surface area (Å²) in [5, 5.41) is 12.7. The Balaban J connectivity index is 1.50. The van der Waals surface area contributed by atoms with Gasteiger partial charge in [0, 0.05) is 23.0 Å². The molecule has 1 heterocycles. The Labute approximate surface area is 192 Å². The fourth-order valence-electron chi connectivity index (χ4n) is 3.50. The first-order valence-electron chi connectivity index (χ1n) is 10.4. The number of amides is 1. The summed E-state index contributed by atoms with van der Waals surface area (Å²) in [7, 11) is 0. The van der Waals surface area contributed by atoms with E-state index in [1.165, 1.54) is 0 Å². The molecule has 1 aliphatic heterocycles. The first kappa shape index (κ1) is 22.1. The van der Waals surface area contributed by atoms with Crippen molar-refractivity contribution in [3.8, 4) is 0 Å². The standard InChI is InChI=1S/C26H24ClNO4/c27-22-12-10-20(11-13-22)21-14-24(26(30)28-23-4-2-1-3-5-23)32-25(15-21)31-17-19-8-6-18(16-29)7-9-19/h1-14,21,25,29H,15-17H2,(H,28,30)/t21-,25+/m0/s1. The maximum absolute atomic E-state index is 12.9. The highest BCUT2D eigenvalue weighted by Crippen LogP contribution is 2.33. The number of benzene rings is 3. The summed E-state index contributed by atoms with van der Waals surface area (Å²) < 4.78 is 11.9. The fourth-order valence-corrected chi connectivity index (χ4v) is 3.63. The number of halogens is 1. The maximum atomic E-state index is 12.9. The van der Waals surface area contributed by atoms with Crippen LogP contribution < -0.4 is 5.32 Å². The highest BCUT2D eigenvalue weighted by molar-refractivity contribution is 6.30. The molecule has 1 amide bonds. The van der Waals surface area contributed by atoms with Gasteiger partial charge >= 0.3 is 0 Å². The number of aliphatic hydroxyl groups excluding tert-OH is 1. The molecule has 32 heavy (non-hydrogen) atoms. The van der Waals surface area contributed by atoms with Gasteiger partial charge in [-0.2, -0.15) is 0 Å². The minimum atomic E-state index is -0.588. The third kappa shape index (κ3) is 5.77. The summed E-state index contributed by atoms with van der Waals surface area (Å²) in [6, 6.07) is 24.3. The van der Waals surface area contributed by atoms with Crippen LogP contribution in [0.1, 0.15) is 29.0 Å². The Morgan fingerprint density at radius 3 is 2.38 bits per heavy atom. The zero-order valence-electron chi connectivity index (χ0n) is 17.4. The molecular formula is C26H24ClNO4. The van der Waals surface area contributed by atoms with Gasteiger partial charge < -0.3 is 19.9 Å². The molecule has 3 aromatic rings. The van der Waals surface area contributed by atoms with Crippen molar-refractivity contribution < 1.29 is 19.4 Å². The molecule has 0 aliphatic carbocycles. The molecule has 4 rings (SSSR count). The molecule has 0 bridgehead atoms. The lowest BCUT2D eigenvalue weighted by atomic mass is 9.93. The van der Waals surface area contributed by atoms with Crippen LogP contribution in [0.3, 0.4) is 0 Å². The van der Waals surface area contributed by atoms with Crippen LogP contribution in [0.2, 0.25) is 5.02 Å². The average Bonchev–Trinajstić information content (AvgIpc) is 2.84. The van der Waals surface area contributed by atoms with Crippen molar-refractivity contribution in [2.45, 2.75) is 31.8 Å². The second-order valence-electron chi connectivity index (χ2n) is 7.58. The van der Waals surface area contributed by atoms with Gasteiger partial charge in [-0.1, -0.05) is 66.2 Å². The zero-order chi connectivity index (χ0) is 22.3. The van der Waals surface area contributed by atoms with Crippen LogP contribution in [-0.2, 0) is 27.5 Å². The predicted molar refractivity (Wildman–Crippen MR) is 124 cm³/mol. The molecular weight excluding hydrogens is 426 g/mol. The molecule has 1 aliphatic rings. The summed E-state index contributed by atoms with van der Waals surface area (Å²) in [5.41, 5.74) is 3.52. The number of rotatable bonds is 7. The third-order valence-corrected chi connectivity index (χ3v) is 5.50. The van der Waals surface area contributed by atoms with Crippen molar-refractivity contribution in [1.82, 2.24) is 0 Å². The molecule has 0 saturated carbocycles. The fraction of sp³-hybridized carbons (Fsp3) is 0.192. The number of nitrogens with one attached hydrogen (secondary N) is 1. The van der Waals surface area contributed by atoms with Crippen molar-refractivity contribution >= 4 is 23.2 Å². The monoisotopic (exact) mass is 449 g/mol. The van der Waals surface area contributed by atoms with Crippen molar-refractivity contribution in [2.24, 2.45) is 0 Å². The summed E-state index contributed by atoms with van der Waals surface area (Å²) in [6.07, 6.45) is 1.81. The van der Waals surface area contributed by atoms with Crippen molar-refractivity contribution in [2.75, 3.05) is 5.32 Å². The third-order valence-electron chi connectivity index (χ3n) is 5.25. The minimum absolute atomic E-state index is 0.000323. The molecule has 0 spiro atoms. The molecule has 3 aromatic carbocycles. The Morgan fingerprint density at radius 2 is 1.69 bits per heavy atom. The number of hydrogen-bond donors (Lipinski definition) is 2. The smallest absolute Gasteiger partial charge is 0.290 e.